The van der Waals surface area contributed by atoms with Crippen molar-refractivity contribution >= 4 is 24.4 Å². The molecule has 11 heavy (non-hydrogen) atoms. The number of carbonyl (C=O) groups excluding carboxylic acids is 2. The van der Waals surface area contributed by atoms with Gasteiger partial charge in [-0.2, -0.15) is 12.6 Å². The van der Waals surface area contributed by atoms with Crippen LogP contribution in [0.15, 0.2) is 0 Å². The minimum Gasteiger partial charge on any atom is -0.368 e. The average molecular weight is 174 g/mol. The second kappa shape index (κ2) is 3.13. The third-order valence-electron chi connectivity index (χ3n) is 1.80. The molecule has 1 fully saturated rings. The average Bonchev–Trinajstić information content (AvgIpc) is 1.83. The van der Waals surface area contributed by atoms with Gasteiger partial charge in [-0.05, 0) is 6.42 Å². The van der Waals surface area contributed by atoms with Crippen molar-refractivity contribution in [3.05, 3.63) is 0 Å². The van der Waals surface area contributed by atoms with Crippen molar-refractivity contribution in [2.45, 2.75) is 12.5 Å². The first-order valence-corrected chi connectivity index (χ1v) is 3.99. The molecule has 1 aliphatic rings. The number of thiol groups is 1. The summed E-state index contributed by atoms with van der Waals surface area (Å²) >= 11 is 3.81. The van der Waals surface area contributed by atoms with Crippen LogP contribution in [-0.2, 0) is 9.59 Å². The first kappa shape index (κ1) is 8.39. The van der Waals surface area contributed by atoms with Crippen molar-refractivity contribution in [1.82, 2.24) is 4.90 Å². The summed E-state index contributed by atoms with van der Waals surface area (Å²) in [4.78, 5) is 23.0. The molecule has 1 saturated heterocycles. The lowest BCUT2D eigenvalue weighted by Crippen LogP contribution is -2.57. The van der Waals surface area contributed by atoms with Gasteiger partial charge in [-0.25, -0.2) is 0 Å². The molecule has 2 N–H and O–H groups in total. The van der Waals surface area contributed by atoms with Crippen molar-refractivity contribution in [1.29, 1.82) is 0 Å². The van der Waals surface area contributed by atoms with Gasteiger partial charge in [-0.3, -0.25) is 9.59 Å². The van der Waals surface area contributed by atoms with E-state index in [4.69, 9.17) is 5.73 Å². The molecule has 0 aromatic rings. The van der Waals surface area contributed by atoms with Crippen LogP contribution in [0.4, 0.5) is 0 Å². The summed E-state index contributed by atoms with van der Waals surface area (Å²) in [5.41, 5.74) is 5.02. The molecule has 0 saturated carbocycles. The molecule has 1 unspecified atom stereocenters. The largest absolute Gasteiger partial charge is 0.368 e. The maximum absolute atomic E-state index is 11.0. The smallest absolute Gasteiger partial charge is 0.240 e. The molecule has 1 aliphatic heterocycles. The van der Waals surface area contributed by atoms with Crippen LogP contribution in [-0.4, -0.2) is 35.1 Å². The molecule has 62 valence electrons. The van der Waals surface area contributed by atoms with Crippen molar-refractivity contribution < 1.29 is 9.59 Å². The predicted molar refractivity (Wildman–Crippen MR) is 43.2 cm³/mol. The van der Waals surface area contributed by atoms with Gasteiger partial charge in [0.2, 0.25) is 11.8 Å². The Kier molecular flexibility index (Phi) is 2.38. The van der Waals surface area contributed by atoms with Crippen molar-refractivity contribution in [2.24, 2.45) is 5.73 Å². The maximum Gasteiger partial charge on any atom is 0.240 e. The fraction of sp³-hybridized carbons (Fsp3) is 0.667. The molecule has 0 bridgehead atoms. The zero-order chi connectivity index (χ0) is 8.43. The first-order chi connectivity index (χ1) is 5.16. The van der Waals surface area contributed by atoms with Crippen LogP contribution in [0.25, 0.3) is 0 Å². The highest BCUT2D eigenvalue weighted by molar-refractivity contribution is 7.81. The summed E-state index contributed by atoms with van der Waals surface area (Å²) in [7, 11) is 0. The molecular formula is C6H10N2O2S. The van der Waals surface area contributed by atoms with E-state index in [1.54, 1.807) is 0 Å². The zero-order valence-corrected chi connectivity index (χ0v) is 6.88. The van der Waals surface area contributed by atoms with Gasteiger partial charge in [-0.15, -0.1) is 0 Å². The number of primary amides is 1. The van der Waals surface area contributed by atoms with E-state index in [9.17, 15) is 9.59 Å². The summed E-state index contributed by atoms with van der Waals surface area (Å²) in [6.45, 7) is 0.632. The number of hydrogen-bond donors (Lipinski definition) is 2. The SMILES string of the molecule is NC(=O)C1CCN1C(=O)CS. The monoisotopic (exact) mass is 174 g/mol. The van der Waals surface area contributed by atoms with Crippen LogP contribution in [0.2, 0.25) is 0 Å². The molecule has 0 aromatic carbocycles. The van der Waals surface area contributed by atoms with Crippen LogP contribution in [0.3, 0.4) is 0 Å². The van der Waals surface area contributed by atoms with Crippen LogP contribution >= 0.6 is 12.6 Å². The van der Waals surface area contributed by atoms with E-state index < -0.39 is 5.91 Å². The maximum atomic E-state index is 11.0. The summed E-state index contributed by atoms with van der Waals surface area (Å²) < 4.78 is 0. The Morgan fingerprint density at radius 2 is 2.27 bits per heavy atom. The zero-order valence-electron chi connectivity index (χ0n) is 5.99. The minimum absolute atomic E-state index is 0.122. The fourth-order valence-corrected chi connectivity index (χ4v) is 1.25. The van der Waals surface area contributed by atoms with Gasteiger partial charge in [0.15, 0.2) is 0 Å². The molecule has 0 aliphatic carbocycles. The Labute approximate surface area is 70.1 Å². The highest BCUT2D eigenvalue weighted by atomic mass is 32.1. The lowest BCUT2D eigenvalue weighted by Gasteiger charge is -2.38. The van der Waals surface area contributed by atoms with E-state index >= 15 is 0 Å². The Morgan fingerprint density at radius 3 is 2.55 bits per heavy atom. The number of nitrogens with zero attached hydrogens (tertiary/aromatic N) is 1. The van der Waals surface area contributed by atoms with Gasteiger partial charge in [0.1, 0.15) is 6.04 Å². The van der Waals surface area contributed by atoms with Gasteiger partial charge >= 0.3 is 0 Å². The van der Waals surface area contributed by atoms with Gasteiger partial charge in [0.25, 0.3) is 0 Å². The summed E-state index contributed by atoms with van der Waals surface area (Å²) in [6, 6.07) is -0.380. The summed E-state index contributed by atoms with van der Waals surface area (Å²) in [5.74, 6) is -0.404. The predicted octanol–water partition coefficient (Wildman–Crippen LogP) is -0.998. The molecule has 1 heterocycles. The first-order valence-electron chi connectivity index (χ1n) is 3.36. The Morgan fingerprint density at radius 1 is 1.64 bits per heavy atom. The third-order valence-corrected chi connectivity index (χ3v) is 2.07. The summed E-state index contributed by atoms with van der Waals surface area (Å²) in [6.07, 6.45) is 0.689. The quantitative estimate of drug-likeness (QED) is 0.527. The molecule has 0 radical (unpaired) electrons. The number of nitrogens with two attached hydrogens (primary N) is 1. The standard InChI is InChI=1S/C6H10N2O2S/c7-6(10)4-1-2-8(4)5(9)3-11/h4,11H,1-3H2,(H2,7,10). The topological polar surface area (TPSA) is 63.4 Å². The van der Waals surface area contributed by atoms with E-state index in [0.717, 1.165) is 0 Å². The van der Waals surface area contributed by atoms with E-state index in [0.29, 0.717) is 13.0 Å². The highest BCUT2D eigenvalue weighted by Gasteiger charge is 2.35. The van der Waals surface area contributed by atoms with Gasteiger partial charge in [0, 0.05) is 6.54 Å². The fourth-order valence-electron chi connectivity index (χ4n) is 1.07. The van der Waals surface area contributed by atoms with Gasteiger partial charge in [-0.1, -0.05) is 0 Å². The molecule has 0 spiro atoms. The molecule has 2 amide bonds. The Bertz CT molecular complexity index is 195. The second-order valence-corrected chi connectivity index (χ2v) is 2.77. The van der Waals surface area contributed by atoms with Gasteiger partial charge in [0.05, 0.1) is 5.75 Å². The Hall–Kier alpha value is -0.710. The molecular weight excluding hydrogens is 164 g/mol. The number of likely N-dealkylation sites (tertiary alicyclic amines) is 1. The normalized spacial score (nSPS) is 22.6. The van der Waals surface area contributed by atoms with Crippen LogP contribution in [0.5, 0.6) is 0 Å². The number of carbonyl (C=O) groups is 2. The number of hydrogen-bond acceptors (Lipinski definition) is 3. The second-order valence-electron chi connectivity index (χ2n) is 2.45. The molecule has 4 nitrogen and oxygen atoms in total. The lowest BCUT2D eigenvalue weighted by atomic mass is 10.0. The highest BCUT2D eigenvalue weighted by Crippen LogP contribution is 2.16. The van der Waals surface area contributed by atoms with E-state index in [-0.39, 0.29) is 17.7 Å². The molecule has 0 aromatic heterocycles. The molecule has 5 heteroatoms. The van der Waals surface area contributed by atoms with Crippen molar-refractivity contribution in [3.8, 4) is 0 Å². The van der Waals surface area contributed by atoms with Crippen molar-refractivity contribution in [2.75, 3.05) is 12.3 Å². The molecule has 1 rings (SSSR count). The number of rotatable bonds is 2. The Balaban J connectivity index is 2.49. The van der Waals surface area contributed by atoms with Crippen LogP contribution < -0.4 is 5.73 Å². The third kappa shape index (κ3) is 1.48. The van der Waals surface area contributed by atoms with Gasteiger partial charge < -0.3 is 10.6 Å². The number of amides is 2. The molecule has 1 atom stereocenters. The lowest BCUT2D eigenvalue weighted by molar-refractivity contribution is -0.143. The van der Waals surface area contributed by atoms with E-state index in [1.165, 1.54) is 4.90 Å². The van der Waals surface area contributed by atoms with E-state index in [1.807, 2.05) is 0 Å². The summed E-state index contributed by atoms with van der Waals surface area (Å²) in [5, 5.41) is 0. The van der Waals surface area contributed by atoms with Crippen LogP contribution in [0, 0.1) is 0 Å². The van der Waals surface area contributed by atoms with E-state index in [2.05, 4.69) is 12.6 Å². The minimum atomic E-state index is -0.425. The van der Waals surface area contributed by atoms with Crippen molar-refractivity contribution in [3.63, 3.8) is 0 Å². The van der Waals surface area contributed by atoms with Crippen LogP contribution in [0.1, 0.15) is 6.42 Å².